The van der Waals surface area contributed by atoms with Crippen LogP contribution >= 0.6 is 0 Å². The van der Waals surface area contributed by atoms with Crippen molar-refractivity contribution in [3.63, 3.8) is 0 Å². The molecule has 0 bridgehead atoms. The highest BCUT2D eigenvalue weighted by atomic mass is 16.6. The molecule has 0 saturated heterocycles. The molecule has 0 radical (unpaired) electrons. The van der Waals surface area contributed by atoms with Gasteiger partial charge in [-0.3, -0.25) is 10.1 Å². The van der Waals surface area contributed by atoms with Crippen LogP contribution in [0.1, 0.15) is 5.89 Å². The minimum atomic E-state index is -0.451. The van der Waals surface area contributed by atoms with E-state index in [1.807, 2.05) is 0 Å². The zero-order valence-corrected chi connectivity index (χ0v) is 10.7. The molecule has 0 saturated carbocycles. The Balaban J connectivity index is 1.68. The van der Waals surface area contributed by atoms with Crippen LogP contribution in [0.4, 0.5) is 11.4 Å². The third-order valence-electron chi connectivity index (χ3n) is 2.71. The van der Waals surface area contributed by atoms with E-state index in [0.717, 1.165) is 0 Å². The summed E-state index contributed by atoms with van der Waals surface area (Å²) >= 11 is 0. The molecule has 1 aromatic carbocycles. The van der Waals surface area contributed by atoms with Crippen molar-refractivity contribution in [2.45, 2.75) is 6.54 Å². The fourth-order valence-electron chi connectivity index (χ4n) is 1.74. The standard InChI is InChI=1S/C13H10N4O4/c18-17(19)10-4-1-3-9(7-10)14-8-12-15-13(16-21-12)11-5-2-6-20-11/h1-7,14H,8H2. The Morgan fingerprint density at radius 2 is 2.19 bits per heavy atom. The molecule has 21 heavy (non-hydrogen) atoms. The molecular weight excluding hydrogens is 276 g/mol. The lowest BCUT2D eigenvalue weighted by molar-refractivity contribution is -0.384. The Labute approximate surface area is 118 Å². The van der Waals surface area contributed by atoms with Crippen LogP contribution in [0.2, 0.25) is 0 Å². The van der Waals surface area contributed by atoms with Crippen molar-refractivity contribution in [1.82, 2.24) is 10.1 Å². The van der Waals surface area contributed by atoms with E-state index in [4.69, 9.17) is 8.94 Å². The van der Waals surface area contributed by atoms with E-state index in [0.29, 0.717) is 23.2 Å². The first-order valence-electron chi connectivity index (χ1n) is 6.07. The van der Waals surface area contributed by atoms with Gasteiger partial charge in [0, 0.05) is 17.8 Å². The van der Waals surface area contributed by atoms with Gasteiger partial charge in [0.15, 0.2) is 5.76 Å². The number of hydrogen-bond donors (Lipinski definition) is 1. The molecule has 0 aliphatic heterocycles. The molecule has 1 N–H and O–H groups in total. The maximum Gasteiger partial charge on any atom is 0.271 e. The molecule has 3 aromatic rings. The molecule has 3 rings (SSSR count). The van der Waals surface area contributed by atoms with Crippen LogP contribution in [0.15, 0.2) is 51.6 Å². The maximum atomic E-state index is 10.7. The van der Waals surface area contributed by atoms with Crippen LogP contribution in [0, 0.1) is 10.1 Å². The van der Waals surface area contributed by atoms with E-state index >= 15 is 0 Å². The number of furan rings is 1. The van der Waals surface area contributed by atoms with E-state index < -0.39 is 4.92 Å². The van der Waals surface area contributed by atoms with Crippen molar-refractivity contribution < 1.29 is 13.9 Å². The average Bonchev–Trinajstić information content (AvgIpc) is 3.16. The Hall–Kier alpha value is -3.16. The van der Waals surface area contributed by atoms with Crippen molar-refractivity contribution in [2.24, 2.45) is 0 Å². The first-order valence-corrected chi connectivity index (χ1v) is 6.07. The van der Waals surface area contributed by atoms with Gasteiger partial charge in [0.2, 0.25) is 11.7 Å². The summed E-state index contributed by atoms with van der Waals surface area (Å²) in [6.07, 6.45) is 1.52. The average molecular weight is 286 g/mol. The number of nitro benzene ring substituents is 1. The van der Waals surface area contributed by atoms with Crippen molar-refractivity contribution >= 4 is 11.4 Å². The minimum Gasteiger partial charge on any atom is -0.461 e. The number of rotatable bonds is 5. The summed E-state index contributed by atoms with van der Waals surface area (Å²) in [6.45, 7) is 0.259. The fourth-order valence-corrected chi connectivity index (χ4v) is 1.74. The number of nitrogens with one attached hydrogen (secondary N) is 1. The smallest absolute Gasteiger partial charge is 0.271 e. The molecule has 0 unspecified atom stereocenters. The summed E-state index contributed by atoms with van der Waals surface area (Å²) in [6, 6.07) is 9.63. The van der Waals surface area contributed by atoms with E-state index in [1.54, 1.807) is 24.3 Å². The van der Waals surface area contributed by atoms with Gasteiger partial charge in [-0.05, 0) is 18.2 Å². The van der Waals surface area contributed by atoms with Gasteiger partial charge in [-0.1, -0.05) is 11.2 Å². The van der Waals surface area contributed by atoms with Crippen molar-refractivity contribution in [3.8, 4) is 11.6 Å². The predicted octanol–water partition coefficient (Wildman–Crippen LogP) is 2.85. The normalized spacial score (nSPS) is 10.5. The maximum absolute atomic E-state index is 10.7. The largest absolute Gasteiger partial charge is 0.461 e. The molecule has 0 fully saturated rings. The summed E-state index contributed by atoms with van der Waals surface area (Å²) in [4.78, 5) is 14.4. The lowest BCUT2D eigenvalue weighted by atomic mass is 10.3. The quantitative estimate of drug-likeness (QED) is 0.567. The molecular formula is C13H10N4O4. The second kappa shape index (κ2) is 5.45. The number of nitro groups is 1. The van der Waals surface area contributed by atoms with Gasteiger partial charge in [0.1, 0.15) is 0 Å². The minimum absolute atomic E-state index is 0.0156. The third kappa shape index (κ3) is 2.89. The summed E-state index contributed by atoms with van der Waals surface area (Å²) in [5, 5.41) is 17.5. The Kier molecular flexibility index (Phi) is 3.34. The lowest BCUT2D eigenvalue weighted by Gasteiger charge is -2.02. The SMILES string of the molecule is O=[N+]([O-])c1cccc(NCc2nc(-c3ccco3)no2)c1. The number of hydrogen-bond acceptors (Lipinski definition) is 7. The first-order chi connectivity index (χ1) is 10.2. The van der Waals surface area contributed by atoms with Gasteiger partial charge in [0.25, 0.3) is 5.69 Å². The van der Waals surface area contributed by atoms with Crippen LogP contribution in [-0.2, 0) is 6.54 Å². The number of anilines is 1. The molecule has 8 nitrogen and oxygen atoms in total. The van der Waals surface area contributed by atoms with Gasteiger partial charge in [0.05, 0.1) is 17.7 Å². The van der Waals surface area contributed by atoms with Gasteiger partial charge in [-0.15, -0.1) is 0 Å². The number of non-ortho nitro benzene ring substituents is 1. The van der Waals surface area contributed by atoms with Gasteiger partial charge < -0.3 is 14.3 Å². The Morgan fingerprint density at radius 3 is 2.95 bits per heavy atom. The zero-order valence-electron chi connectivity index (χ0n) is 10.7. The second-order valence-corrected chi connectivity index (χ2v) is 4.15. The van der Waals surface area contributed by atoms with E-state index in [1.165, 1.54) is 18.4 Å². The Morgan fingerprint density at radius 1 is 1.29 bits per heavy atom. The lowest BCUT2D eigenvalue weighted by Crippen LogP contribution is -2.00. The second-order valence-electron chi connectivity index (χ2n) is 4.15. The van der Waals surface area contributed by atoms with Crippen LogP contribution in [0.25, 0.3) is 11.6 Å². The molecule has 2 aromatic heterocycles. The molecule has 0 amide bonds. The van der Waals surface area contributed by atoms with Gasteiger partial charge >= 0.3 is 0 Å². The van der Waals surface area contributed by atoms with Crippen LogP contribution in [0.5, 0.6) is 0 Å². The zero-order chi connectivity index (χ0) is 14.7. The topological polar surface area (TPSA) is 107 Å². The third-order valence-corrected chi connectivity index (χ3v) is 2.71. The van der Waals surface area contributed by atoms with Crippen molar-refractivity contribution in [1.29, 1.82) is 0 Å². The molecule has 0 spiro atoms. The molecule has 0 atom stereocenters. The van der Waals surface area contributed by atoms with Crippen molar-refractivity contribution in [3.05, 3.63) is 58.7 Å². The van der Waals surface area contributed by atoms with Crippen molar-refractivity contribution in [2.75, 3.05) is 5.32 Å². The monoisotopic (exact) mass is 286 g/mol. The molecule has 0 aliphatic rings. The summed E-state index contributed by atoms with van der Waals surface area (Å²) in [5.74, 6) is 1.23. The first kappa shape index (κ1) is 12.9. The van der Waals surface area contributed by atoms with Crippen LogP contribution in [0.3, 0.4) is 0 Å². The fraction of sp³-hybridized carbons (Fsp3) is 0.0769. The molecule has 8 heteroatoms. The molecule has 0 aliphatic carbocycles. The summed E-state index contributed by atoms with van der Waals surface area (Å²) in [7, 11) is 0. The summed E-state index contributed by atoms with van der Waals surface area (Å²) < 4.78 is 10.2. The van der Waals surface area contributed by atoms with Gasteiger partial charge in [-0.25, -0.2) is 0 Å². The van der Waals surface area contributed by atoms with E-state index in [9.17, 15) is 10.1 Å². The predicted molar refractivity (Wildman–Crippen MR) is 72.4 cm³/mol. The molecule has 106 valence electrons. The van der Waals surface area contributed by atoms with E-state index in [-0.39, 0.29) is 12.2 Å². The van der Waals surface area contributed by atoms with Gasteiger partial charge in [-0.2, -0.15) is 4.98 Å². The highest BCUT2D eigenvalue weighted by molar-refractivity contribution is 5.51. The number of nitrogens with zero attached hydrogens (tertiary/aromatic N) is 3. The highest BCUT2D eigenvalue weighted by Gasteiger charge is 2.11. The van der Waals surface area contributed by atoms with Crippen LogP contribution in [-0.4, -0.2) is 15.1 Å². The van der Waals surface area contributed by atoms with E-state index in [2.05, 4.69) is 15.5 Å². The highest BCUT2D eigenvalue weighted by Crippen LogP contribution is 2.19. The number of benzene rings is 1. The Bertz CT molecular complexity index is 751. The van der Waals surface area contributed by atoms with Crippen LogP contribution < -0.4 is 5.32 Å². The molecule has 2 heterocycles. The summed E-state index contributed by atoms with van der Waals surface area (Å²) in [5.41, 5.74) is 0.615. The number of aromatic nitrogens is 2.